The van der Waals surface area contributed by atoms with Crippen molar-refractivity contribution in [3.05, 3.63) is 0 Å². The van der Waals surface area contributed by atoms with E-state index in [0.29, 0.717) is 12.6 Å². The van der Waals surface area contributed by atoms with Crippen molar-refractivity contribution in [1.82, 2.24) is 14.7 Å². The van der Waals surface area contributed by atoms with Crippen LogP contribution in [0.25, 0.3) is 0 Å². The van der Waals surface area contributed by atoms with Gasteiger partial charge in [0.15, 0.2) is 0 Å². The zero-order chi connectivity index (χ0) is 15.9. The van der Waals surface area contributed by atoms with Crippen LogP contribution in [0.5, 0.6) is 0 Å². The molecule has 6 nitrogen and oxygen atoms in total. The third-order valence-electron chi connectivity index (χ3n) is 4.72. The van der Waals surface area contributed by atoms with Crippen LogP contribution in [0.4, 0.5) is 0 Å². The van der Waals surface area contributed by atoms with Crippen LogP contribution in [-0.2, 0) is 14.3 Å². The van der Waals surface area contributed by atoms with Gasteiger partial charge >= 0.3 is 5.97 Å². The number of piperazine rings is 1. The number of hydrogen-bond donors (Lipinski definition) is 0. The van der Waals surface area contributed by atoms with E-state index in [1.807, 2.05) is 4.90 Å². The van der Waals surface area contributed by atoms with Gasteiger partial charge in [-0.15, -0.1) is 0 Å². The summed E-state index contributed by atoms with van der Waals surface area (Å²) in [6.07, 6.45) is 2.58. The van der Waals surface area contributed by atoms with Gasteiger partial charge in [0.05, 0.1) is 13.0 Å². The van der Waals surface area contributed by atoms with Gasteiger partial charge in [-0.2, -0.15) is 0 Å². The topological polar surface area (TPSA) is 53.1 Å². The fourth-order valence-corrected chi connectivity index (χ4v) is 3.27. The number of piperidine rings is 1. The minimum Gasteiger partial charge on any atom is -0.466 e. The van der Waals surface area contributed by atoms with Crippen LogP contribution >= 0.6 is 0 Å². The second kappa shape index (κ2) is 8.48. The summed E-state index contributed by atoms with van der Waals surface area (Å²) in [4.78, 5) is 30.3. The van der Waals surface area contributed by atoms with E-state index >= 15 is 0 Å². The summed E-state index contributed by atoms with van der Waals surface area (Å²) in [5.74, 6) is -0.187. The lowest BCUT2D eigenvalue weighted by Gasteiger charge is -2.42. The van der Waals surface area contributed by atoms with E-state index in [9.17, 15) is 9.59 Å². The number of likely N-dealkylation sites (N-methyl/N-ethyl adjacent to an activating group) is 1. The first kappa shape index (κ1) is 17.2. The Morgan fingerprint density at radius 3 is 2.23 bits per heavy atom. The van der Waals surface area contributed by atoms with Gasteiger partial charge in [0.2, 0.25) is 5.91 Å². The first-order valence-electron chi connectivity index (χ1n) is 8.46. The fourth-order valence-electron chi connectivity index (χ4n) is 3.27. The lowest BCUT2D eigenvalue weighted by Crippen LogP contribution is -2.53. The summed E-state index contributed by atoms with van der Waals surface area (Å²) >= 11 is 0. The molecule has 0 radical (unpaired) electrons. The van der Waals surface area contributed by atoms with E-state index in [1.54, 1.807) is 6.92 Å². The average molecular weight is 311 g/mol. The molecule has 2 rings (SSSR count). The standard InChI is InChI=1S/C16H29N3O3/c1-3-22-16(21)5-4-15(20)19-8-6-14(7-9-19)18-12-10-17(2)11-13-18/h14H,3-13H2,1-2H3. The van der Waals surface area contributed by atoms with Crippen LogP contribution in [0.1, 0.15) is 32.6 Å². The number of rotatable bonds is 5. The Morgan fingerprint density at radius 2 is 1.64 bits per heavy atom. The van der Waals surface area contributed by atoms with E-state index in [0.717, 1.165) is 52.1 Å². The number of carbonyl (C=O) groups excluding carboxylic acids is 2. The van der Waals surface area contributed by atoms with Gasteiger partial charge in [0.1, 0.15) is 0 Å². The van der Waals surface area contributed by atoms with Crippen LogP contribution in [-0.4, -0.2) is 85.5 Å². The zero-order valence-corrected chi connectivity index (χ0v) is 13.9. The molecule has 2 saturated heterocycles. The van der Waals surface area contributed by atoms with E-state index in [4.69, 9.17) is 4.74 Å². The number of nitrogens with zero attached hydrogens (tertiary/aromatic N) is 3. The average Bonchev–Trinajstić information content (AvgIpc) is 2.54. The molecule has 126 valence electrons. The van der Waals surface area contributed by atoms with Gasteiger partial charge in [0.25, 0.3) is 0 Å². The highest BCUT2D eigenvalue weighted by Crippen LogP contribution is 2.19. The zero-order valence-electron chi connectivity index (χ0n) is 13.9. The second-order valence-corrected chi connectivity index (χ2v) is 6.26. The molecule has 0 aromatic carbocycles. The normalized spacial score (nSPS) is 21.8. The SMILES string of the molecule is CCOC(=O)CCC(=O)N1CCC(N2CCN(C)CC2)CC1. The Kier molecular flexibility index (Phi) is 6.64. The van der Waals surface area contributed by atoms with Crippen LogP contribution in [0.2, 0.25) is 0 Å². The number of amides is 1. The molecule has 0 aliphatic carbocycles. The largest absolute Gasteiger partial charge is 0.466 e. The predicted molar refractivity (Wildman–Crippen MR) is 84.5 cm³/mol. The van der Waals surface area contributed by atoms with Crippen molar-refractivity contribution < 1.29 is 14.3 Å². The molecule has 2 heterocycles. The molecule has 0 atom stereocenters. The number of likely N-dealkylation sites (tertiary alicyclic amines) is 1. The van der Waals surface area contributed by atoms with Crippen molar-refractivity contribution >= 4 is 11.9 Å². The van der Waals surface area contributed by atoms with Crippen LogP contribution in [0.15, 0.2) is 0 Å². The Labute approximate surface area is 133 Å². The minimum atomic E-state index is -0.275. The molecule has 0 aromatic heterocycles. The maximum absolute atomic E-state index is 12.1. The maximum atomic E-state index is 12.1. The summed E-state index contributed by atoms with van der Waals surface area (Å²) in [5, 5.41) is 0. The molecule has 1 amide bonds. The molecule has 2 aliphatic heterocycles. The quantitative estimate of drug-likeness (QED) is 0.695. The lowest BCUT2D eigenvalue weighted by atomic mass is 10.0. The summed E-state index contributed by atoms with van der Waals surface area (Å²) in [5.41, 5.74) is 0. The van der Waals surface area contributed by atoms with E-state index in [2.05, 4.69) is 16.8 Å². The van der Waals surface area contributed by atoms with Gasteiger partial charge in [-0.05, 0) is 26.8 Å². The molecule has 2 fully saturated rings. The van der Waals surface area contributed by atoms with Gasteiger partial charge in [-0.3, -0.25) is 14.5 Å². The molecule has 0 saturated carbocycles. The van der Waals surface area contributed by atoms with Gasteiger partial charge in [-0.25, -0.2) is 0 Å². The summed E-state index contributed by atoms with van der Waals surface area (Å²) in [7, 11) is 2.17. The molecular formula is C16H29N3O3. The van der Waals surface area contributed by atoms with Crippen molar-refractivity contribution in [2.24, 2.45) is 0 Å². The van der Waals surface area contributed by atoms with E-state index in [1.165, 1.54) is 0 Å². The first-order valence-corrected chi connectivity index (χ1v) is 8.46. The maximum Gasteiger partial charge on any atom is 0.306 e. The second-order valence-electron chi connectivity index (χ2n) is 6.26. The van der Waals surface area contributed by atoms with Crippen molar-refractivity contribution in [2.75, 3.05) is 52.9 Å². The van der Waals surface area contributed by atoms with Crippen molar-refractivity contribution in [2.45, 2.75) is 38.6 Å². The number of carbonyl (C=O) groups is 2. The van der Waals surface area contributed by atoms with Crippen LogP contribution in [0, 0.1) is 0 Å². The Balaban J connectivity index is 1.68. The molecule has 22 heavy (non-hydrogen) atoms. The summed E-state index contributed by atoms with van der Waals surface area (Å²) in [6, 6.07) is 0.614. The summed E-state index contributed by atoms with van der Waals surface area (Å²) in [6.45, 7) is 8.34. The molecule has 0 aromatic rings. The molecule has 2 aliphatic rings. The van der Waals surface area contributed by atoms with Crippen molar-refractivity contribution in [1.29, 1.82) is 0 Å². The van der Waals surface area contributed by atoms with Gasteiger partial charge in [-0.1, -0.05) is 0 Å². The predicted octanol–water partition coefficient (Wildman–Crippen LogP) is 0.568. The van der Waals surface area contributed by atoms with Gasteiger partial charge in [0, 0.05) is 51.7 Å². The highest BCUT2D eigenvalue weighted by atomic mass is 16.5. The smallest absolute Gasteiger partial charge is 0.306 e. The van der Waals surface area contributed by atoms with Gasteiger partial charge < -0.3 is 14.5 Å². The third-order valence-corrected chi connectivity index (χ3v) is 4.72. The van der Waals surface area contributed by atoms with Crippen LogP contribution < -0.4 is 0 Å². The molecular weight excluding hydrogens is 282 g/mol. The summed E-state index contributed by atoms with van der Waals surface area (Å²) < 4.78 is 4.86. The Bertz CT molecular complexity index is 373. The number of esters is 1. The molecule has 0 spiro atoms. The third kappa shape index (κ3) is 4.95. The Morgan fingerprint density at radius 1 is 1.00 bits per heavy atom. The fraction of sp³-hybridized carbons (Fsp3) is 0.875. The van der Waals surface area contributed by atoms with Crippen molar-refractivity contribution in [3.63, 3.8) is 0 Å². The lowest BCUT2D eigenvalue weighted by molar-refractivity contribution is -0.146. The van der Waals surface area contributed by atoms with Crippen molar-refractivity contribution in [3.8, 4) is 0 Å². The highest BCUT2D eigenvalue weighted by molar-refractivity contribution is 5.81. The van der Waals surface area contributed by atoms with E-state index in [-0.39, 0.29) is 24.7 Å². The number of ether oxygens (including phenoxy) is 1. The highest BCUT2D eigenvalue weighted by Gasteiger charge is 2.28. The molecule has 0 bridgehead atoms. The minimum absolute atomic E-state index is 0.0879. The first-order chi connectivity index (χ1) is 10.6. The molecule has 0 N–H and O–H groups in total. The molecule has 6 heteroatoms. The number of hydrogen-bond acceptors (Lipinski definition) is 5. The monoisotopic (exact) mass is 311 g/mol. The van der Waals surface area contributed by atoms with Crippen LogP contribution in [0.3, 0.4) is 0 Å². The molecule has 0 unspecified atom stereocenters. The van der Waals surface area contributed by atoms with E-state index < -0.39 is 0 Å². The Hall–Kier alpha value is -1.14.